The van der Waals surface area contributed by atoms with E-state index in [1.54, 1.807) is 18.2 Å². The van der Waals surface area contributed by atoms with Crippen molar-refractivity contribution < 1.29 is 22.3 Å². The van der Waals surface area contributed by atoms with Crippen molar-refractivity contribution in [1.82, 2.24) is 4.31 Å². The fraction of sp³-hybridized carbons (Fsp3) is 0.333. The molecule has 0 radical (unpaired) electrons. The van der Waals surface area contributed by atoms with Crippen molar-refractivity contribution in [3.63, 3.8) is 0 Å². The largest absolute Gasteiger partial charge is 0.494 e. The van der Waals surface area contributed by atoms with Gasteiger partial charge in [-0.15, -0.1) is 0 Å². The normalized spacial score (nSPS) is 15.7. The maximum atomic E-state index is 13.0. The van der Waals surface area contributed by atoms with Gasteiger partial charge in [-0.25, -0.2) is 12.8 Å². The third-order valence-corrected chi connectivity index (χ3v) is 6.27. The molecule has 3 rings (SSSR count). The van der Waals surface area contributed by atoms with Crippen molar-refractivity contribution in [3.8, 4) is 5.75 Å². The molecule has 5 nitrogen and oxygen atoms in total. The molecule has 26 heavy (non-hydrogen) atoms. The minimum absolute atomic E-state index is 0.209. The van der Waals surface area contributed by atoms with Gasteiger partial charge in [0.05, 0.1) is 24.2 Å². The summed E-state index contributed by atoms with van der Waals surface area (Å²) in [6, 6.07) is 10.4. The van der Waals surface area contributed by atoms with Gasteiger partial charge >= 0.3 is 0 Å². The van der Waals surface area contributed by atoms with Gasteiger partial charge in [-0.05, 0) is 48.9 Å². The molecule has 0 bridgehead atoms. The van der Waals surface area contributed by atoms with Gasteiger partial charge in [0.1, 0.15) is 11.6 Å². The molecule has 2 aromatic carbocycles. The fourth-order valence-electron chi connectivity index (χ4n) is 2.57. The second-order valence-electron chi connectivity index (χ2n) is 5.90. The molecule has 0 unspecified atom stereocenters. The quantitative estimate of drug-likeness (QED) is 0.715. The number of rotatable bonds is 7. The predicted molar refractivity (Wildman–Crippen MR) is 96.4 cm³/mol. The Morgan fingerprint density at radius 3 is 2.50 bits per heavy atom. The van der Waals surface area contributed by atoms with Crippen LogP contribution in [0.2, 0.25) is 5.02 Å². The van der Waals surface area contributed by atoms with Crippen molar-refractivity contribution in [1.29, 1.82) is 0 Å². The zero-order valence-corrected chi connectivity index (χ0v) is 15.8. The van der Waals surface area contributed by atoms with E-state index in [4.69, 9.17) is 21.1 Å². The zero-order valence-electron chi connectivity index (χ0n) is 14.2. The van der Waals surface area contributed by atoms with Crippen molar-refractivity contribution in [2.75, 3.05) is 19.7 Å². The maximum absolute atomic E-state index is 13.0. The summed E-state index contributed by atoms with van der Waals surface area (Å²) in [7, 11) is -3.54. The van der Waals surface area contributed by atoms with E-state index in [1.807, 2.05) is 6.92 Å². The summed E-state index contributed by atoms with van der Waals surface area (Å²) >= 11 is 5.95. The van der Waals surface area contributed by atoms with Crippen LogP contribution in [-0.4, -0.2) is 38.5 Å². The van der Waals surface area contributed by atoms with Crippen molar-refractivity contribution in [2.45, 2.75) is 24.5 Å². The van der Waals surface area contributed by atoms with Crippen molar-refractivity contribution in [3.05, 3.63) is 58.9 Å². The molecule has 1 saturated heterocycles. The standard InChI is InChI=1S/C18H19ClFNO4S/c1-2-24-15-5-7-17(8-6-15)26(22,23)21-10-16(11-21)25-12-13-3-4-14(20)9-18(13)19/h3-9,16H,2,10-12H2,1H3. The Kier molecular flexibility index (Phi) is 5.82. The van der Waals surface area contributed by atoms with Crippen LogP contribution < -0.4 is 4.74 Å². The van der Waals surface area contributed by atoms with Gasteiger partial charge in [0.15, 0.2) is 0 Å². The smallest absolute Gasteiger partial charge is 0.243 e. The monoisotopic (exact) mass is 399 g/mol. The van der Waals surface area contributed by atoms with Crippen LogP contribution in [0.1, 0.15) is 12.5 Å². The Labute approximate surface area is 157 Å². The summed E-state index contributed by atoms with van der Waals surface area (Å²) < 4.78 is 50.5. The van der Waals surface area contributed by atoms with Gasteiger partial charge in [-0.3, -0.25) is 0 Å². The highest BCUT2D eigenvalue weighted by molar-refractivity contribution is 7.89. The first kappa shape index (κ1) is 19.1. The van der Waals surface area contributed by atoms with Crippen molar-refractivity contribution >= 4 is 21.6 Å². The average Bonchev–Trinajstić information content (AvgIpc) is 2.56. The SMILES string of the molecule is CCOc1ccc(S(=O)(=O)N2CC(OCc3ccc(F)cc3Cl)C2)cc1. The molecule has 1 fully saturated rings. The Morgan fingerprint density at radius 2 is 1.88 bits per heavy atom. The van der Waals surface area contributed by atoms with Crippen LogP contribution in [0.25, 0.3) is 0 Å². The highest BCUT2D eigenvalue weighted by Gasteiger charge is 2.37. The lowest BCUT2D eigenvalue weighted by atomic mass is 10.2. The molecule has 0 N–H and O–H groups in total. The molecule has 0 aliphatic carbocycles. The highest BCUT2D eigenvalue weighted by atomic mass is 35.5. The highest BCUT2D eigenvalue weighted by Crippen LogP contribution is 2.26. The molecule has 0 aromatic heterocycles. The lowest BCUT2D eigenvalue weighted by molar-refractivity contribution is -0.0295. The molecule has 2 aromatic rings. The number of benzene rings is 2. The number of hydrogen-bond donors (Lipinski definition) is 0. The number of nitrogens with zero attached hydrogens (tertiary/aromatic N) is 1. The Balaban J connectivity index is 1.55. The molecule has 8 heteroatoms. The average molecular weight is 400 g/mol. The van der Waals surface area contributed by atoms with E-state index in [1.165, 1.54) is 28.6 Å². The zero-order chi connectivity index (χ0) is 18.7. The van der Waals surface area contributed by atoms with Gasteiger partial charge in [0.25, 0.3) is 0 Å². The summed E-state index contributed by atoms with van der Waals surface area (Å²) in [6.45, 7) is 3.14. The maximum Gasteiger partial charge on any atom is 0.243 e. The van der Waals surface area contributed by atoms with Crippen LogP contribution in [0.3, 0.4) is 0 Å². The fourth-order valence-corrected chi connectivity index (χ4v) is 4.30. The van der Waals surface area contributed by atoms with Crippen LogP contribution in [0.15, 0.2) is 47.4 Å². The molecule has 140 valence electrons. The first-order valence-electron chi connectivity index (χ1n) is 8.18. The van der Waals surface area contributed by atoms with E-state index in [0.29, 0.717) is 22.9 Å². The van der Waals surface area contributed by atoms with E-state index in [-0.39, 0.29) is 30.7 Å². The molecular weight excluding hydrogens is 381 g/mol. The molecule has 1 heterocycles. The molecule has 0 saturated carbocycles. The van der Waals surface area contributed by atoms with Crippen LogP contribution in [0, 0.1) is 5.82 Å². The number of halogens is 2. The Bertz CT molecular complexity index is 867. The minimum atomic E-state index is -3.54. The molecule has 0 spiro atoms. The number of hydrogen-bond acceptors (Lipinski definition) is 4. The summed E-state index contributed by atoms with van der Waals surface area (Å²) in [6.07, 6.45) is -0.214. The van der Waals surface area contributed by atoms with Gasteiger partial charge < -0.3 is 9.47 Å². The number of ether oxygens (including phenoxy) is 2. The third kappa shape index (κ3) is 4.17. The number of sulfonamides is 1. The second-order valence-corrected chi connectivity index (χ2v) is 8.24. The molecule has 0 atom stereocenters. The summed E-state index contributed by atoms with van der Waals surface area (Å²) in [5.74, 6) is 0.225. The van der Waals surface area contributed by atoms with Crippen LogP contribution in [-0.2, 0) is 21.4 Å². The molecule has 1 aliphatic heterocycles. The lowest BCUT2D eigenvalue weighted by Crippen LogP contribution is -2.54. The summed E-state index contributed by atoms with van der Waals surface area (Å²) in [5, 5.41) is 0.295. The van der Waals surface area contributed by atoms with Crippen molar-refractivity contribution in [2.24, 2.45) is 0 Å². The predicted octanol–water partition coefficient (Wildman–Crippen LogP) is 3.47. The molecule has 0 amide bonds. The van der Waals surface area contributed by atoms with E-state index in [2.05, 4.69) is 0 Å². The topological polar surface area (TPSA) is 55.8 Å². The third-order valence-electron chi connectivity index (χ3n) is 4.08. The van der Waals surface area contributed by atoms with Crippen LogP contribution >= 0.6 is 11.6 Å². The molecule has 1 aliphatic rings. The van der Waals surface area contributed by atoms with E-state index in [9.17, 15) is 12.8 Å². The first-order valence-corrected chi connectivity index (χ1v) is 10.0. The summed E-state index contributed by atoms with van der Waals surface area (Å²) in [4.78, 5) is 0.223. The van der Waals surface area contributed by atoms with Crippen LogP contribution in [0.5, 0.6) is 5.75 Å². The molecular formula is C18H19ClFNO4S. The van der Waals surface area contributed by atoms with Crippen LogP contribution in [0.4, 0.5) is 4.39 Å². The Hall–Kier alpha value is -1.67. The second kappa shape index (κ2) is 7.92. The van der Waals surface area contributed by atoms with Gasteiger partial charge in [0.2, 0.25) is 10.0 Å². The van der Waals surface area contributed by atoms with Gasteiger partial charge in [-0.2, -0.15) is 4.31 Å². The minimum Gasteiger partial charge on any atom is -0.494 e. The van der Waals surface area contributed by atoms with E-state index >= 15 is 0 Å². The van der Waals surface area contributed by atoms with E-state index in [0.717, 1.165) is 0 Å². The summed E-state index contributed by atoms with van der Waals surface area (Å²) in [5.41, 5.74) is 0.667. The Morgan fingerprint density at radius 1 is 1.19 bits per heavy atom. The lowest BCUT2D eigenvalue weighted by Gasteiger charge is -2.37. The van der Waals surface area contributed by atoms with Gasteiger partial charge in [-0.1, -0.05) is 17.7 Å². The first-order chi connectivity index (χ1) is 12.4. The van der Waals surface area contributed by atoms with E-state index < -0.39 is 15.8 Å². The van der Waals surface area contributed by atoms with Gasteiger partial charge in [0, 0.05) is 18.1 Å².